The number of nitrogens with zero attached hydrogens (tertiary/aromatic N) is 4. The van der Waals surface area contributed by atoms with Gasteiger partial charge in [0.25, 0.3) is 0 Å². The number of aryl methyl sites for hydroxylation is 1. The highest BCUT2D eigenvalue weighted by Gasteiger charge is 2.31. The van der Waals surface area contributed by atoms with Crippen LogP contribution in [-0.2, 0) is 17.8 Å². The topological polar surface area (TPSA) is 49.3 Å². The maximum atomic E-state index is 13.0. The van der Waals surface area contributed by atoms with Gasteiger partial charge in [0, 0.05) is 37.7 Å². The smallest absolute Gasteiger partial charge is 0.227 e. The predicted molar refractivity (Wildman–Crippen MR) is 95.1 cm³/mol. The van der Waals surface area contributed by atoms with Crippen LogP contribution in [0.4, 0.5) is 5.13 Å². The Balaban J connectivity index is 1.45. The number of hydrogen-bond donors (Lipinski definition) is 0. The Morgan fingerprint density at radius 1 is 1.25 bits per heavy atom. The molecule has 1 fully saturated rings. The van der Waals surface area contributed by atoms with Gasteiger partial charge in [0.15, 0.2) is 0 Å². The molecule has 3 heterocycles. The highest BCUT2D eigenvalue weighted by molar-refractivity contribution is 7.09. The number of amides is 1. The van der Waals surface area contributed by atoms with Crippen LogP contribution in [0.25, 0.3) is 0 Å². The molecule has 0 radical (unpaired) electrons. The van der Waals surface area contributed by atoms with Crippen LogP contribution in [-0.4, -0.2) is 39.8 Å². The third-order valence-corrected chi connectivity index (χ3v) is 5.87. The predicted octanol–water partition coefficient (Wildman–Crippen LogP) is 2.65. The fourth-order valence-electron chi connectivity index (χ4n) is 3.71. The zero-order valence-corrected chi connectivity index (χ0v) is 14.8. The van der Waals surface area contributed by atoms with Gasteiger partial charge in [-0.3, -0.25) is 4.79 Å². The van der Waals surface area contributed by atoms with E-state index in [1.807, 2.05) is 11.8 Å². The number of rotatable bonds is 2. The Morgan fingerprint density at radius 2 is 2.08 bits per heavy atom. The second kappa shape index (κ2) is 6.51. The van der Waals surface area contributed by atoms with E-state index in [1.54, 1.807) is 0 Å². The molecule has 24 heavy (non-hydrogen) atoms. The number of piperidine rings is 1. The van der Waals surface area contributed by atoms with Gasteiger partial charge in [-0.25, -0.2) is 4.98 Å². The highest BCUT2D eigenvalue weighted by Crippen LogP contribution is 2.27. The summed E-state index contributed by atoms with van der Waals surface area (Å²) in [4.78, 5) is 21.8. The lowest BCUT2D eigenvalue weighted by Gasteiger charge is -2.36. The van der Waals surface area contributed by atoms with Gasteiger partial charge in [0.2, 0.25) is 11.0 Å². The van der Waals surface area contributed by atoms with Crippen molar-refractivity contribution in [3.63, 3.8) is 0 Å². The molecular formula is C18H22N4OS. The minimum absolute atomic E-state index is 0.0771. The van der Waals surface area contributed by atoms with Crippen molar-refractivity contribution in [1.29, 1.82) is 0 Å². The van der Waals surface area contributed by atoms with Gasteiger partial charge < -0.3 is 9.80 Å². The summed E-state index contributed by atoms with van der Waals surface area (Å²) in [6.45, 7) is 5.25. The molecule has 1 atom stereocenters. The molecule has 2 aliphatic rings. The van der Waals surface area contributed by atoms with E-state index in [0.29, 0.717) is 5.91 Å². The summed E-state index contributed by atoms with van der Waals surface area (Å²) in [5.74, 6) is 1.19. The van der Waals surface area contributed by atoms with E-state index >= 15 is 0 Å². The lowest BCUT2D eigenvalue weighted by Crippen LogP contribution is -2.46. The van der Waals surface area contributed by atoms with Crippen molar-refractivity contribution in [2.24, 2.45) is 5.92 Å². The van der Waals surface area contributed by atoms with Gasteiger partial charge in [-0.1, -0.05) is 24.3 Å². The highest BCUT2D eigenvalue weighted by atomic mass is 32.1. The van der Waals surface area contributed by atoms with Crippen LogP contribution in [0.15, 0.2) is 24.3 Å². The molecule has 1 aromatic carbocycles. The van der Waals surface area contributed by atoms with E-state index < -0.39 is 0 Å². The van der Waals surface area contributed by atoms with Crippen molar-refractivity contribution in [3.8, 4) is 0 Å². The molecule has 0 N–H and O–H groups in total. The van der Waals surface area contributed by atoms with Crippen LogP contribution in [0, 0.1) is 12.8 Å². The number of carbonyl (C=O) groups is 1. The van der Waals surface area contributed by atoms with E-state index in [9.17, 15) is 4.79 Å². The number of aromatic nitrogens is 2. The summed E-state index contributed by atoms with van der Waals surface area (Å²) in [6.07, 6.45) is 2.98. The minimum Gasteiger partial charge on any atom is -0.346 e. The van der Waals surface area contributed by atoms with Gasteiger partial charge in [-0.15, -0.1) is 0 Å². The second-order valence-electron chi connectivity index (χ2n) is 6.69. The molecule has 4 rings (SSSR count). The van der Waals surface area contributed by atoms with Gasteiger partial charge in [0.1, 0.15) is 5.82 Å². The largest absolute Gasteiger partial charge is 0.346 e. The van der Waals surface area contributed by atoms with Gasteiger partial charge in [-0.05, 0) is 37.3 Å². The van der Waals surface area contributed by atoms with E-state index in [2.05, 4.69) is 38.5 Å². The molecule has 1 saturated heterocycles. The van der Waals surface area contributed by atoms with Crippen molar-refractivity contribution in [2.75, 3.05) is 24.5 Å². The molecule has 0 aliphatic carbocycles. The lowest BCUT2D eigenvalue weighted by atomic mass is 9.94. The molecule has 126 valence electrons. The first-order valence-corrected chi connectivity index (χ1v) is 9.39. The number of benzene rings is 1. The van der Waals surface area contributed by atoms with Crippen molar-refractivity contribution in [1.82, 2.24) is 14.3 Å². The molecule has 0 spiro atoms. The number of carbonyl (C=O) groups excluding carboxylic acids is 1. The first-order chi connectivity index (χ1) is 11.7. The molecule has 0 bridgehead atoms. The van der Waals surface area contributed by atoms with E-state index in [0.717, 1.165) is 56.4 Å². The van der Waals surface area contributed by atoms with Crippen LogP contribution in [0.3, 0.4) is 0 Å². The van der Waals surface area contributed by atoms with Crippen molar-refractivity contribution < 1.29 is 4.79 Å². The average molecular weight is 342 g/mol. The van der Waals surface area contributed by atoms with E-state index in [-0.39, 0.29) is 5.92 Å². The Kier molecular flexibility index (Phi) is 4.22. The van der Waals surface area contributed by atoms with Crippen LogP contribution >= 0.6 is 11.5 Å². The molecule has 0 saturated carbocycles. The maximum Gasteiger partial charge on any atom is 0.227 e. The SMILES string of the molecule is Cc1nsc(N2CCCC(C(=O)N3CCc4ccccc4C3)C2)n1. The fourth-order valence-corrected chi connectivity index (χ4v) is 4.42. The van der Waals surface area contributed by atoms with Crippen molar-refractivity contribution >= 4 is 22.6 Å². The van der Waals surface area contributed by atoms with Crippen LogP contribution in [0.5, 0.6) is 0 Å². The van der Waals surface area contributed by atoms with E-state index in [4.69, 9.17) is 0 Å². The Labute approximate surface area is 146 Å². The lowest BCUT2D eigenvalue weighted by molar-refractivity contribution is -0.136. The van der Waals surface area contributed by atoms with Gasteiger partial charge in [0.05, 0.1) is 5.92 Å². The standard InChI is InChI=1S/C18H22N4OS/c1-13-19-18(24-20-13)22-9-4-7-16(12-22)17(23)21-10-8-14-5-2-3-6-15(14)11-21/h2-3,5-6,16H,4,7-12H2,1H3. The summed E-state index contributed by atoms with van der Waals surface area (Å²) >= 11 is 1.44. The van der Waals surface area contributed by atoms with Crippen molar-refractivity contribution in [2.45, 2.75) is 32.7 Å². The monoisotopic (exact) mass is 342 g/mol. The van der Waals surface area contributed by atoms with Crippen LogP contribution in [0.2, 0.25) is 0 Å². The molecule has 5 nitrogen and oxygen atoms in total. The third-order valence-electron chi connectivity index (χ3n) is 5.00. The Hall–Kier alpha value is -1.95. The summed E-state index contributed by atoms with van der Waals surface area (Å²) in [5.41, 5.74) is 2.68. The molecule has 1 aromatic heterocycles. The minimum atomic E-state index is 0.0771. The fraction of sp³-hybridized carbons (Fsp3) is 0.500. The van der Waals surface area contributed by atoms with Crippen molar-refractivity contribution in [3.05, 3.63) is 41.2 Å². The maximum absolute atomic E-state index is 13.0. The summed E-state index contributed by atoms with van der Waals surface area (Å²) in [6, 6.07) is 8.47. The van der Waals surface area contributed by atoms with Gasteiger partial charge in [-0.2, -0.15) is 4.37 Å². The normalized spacial score (nSPS) is 20.8. The number of fused-ring (bicyclic) bond motifs is 1. The van der Waals surface area contributed by atoms with Crippen LogP contribution in [0.1, 0.15) is 29.8 Å². The number of hydrogen-bond acceptors (Lipinski definition) is 5. The molecule has 1 unspecified atom stereocenters. The summed E-state index contributed by atoms with van der Waals surface area (Å²) in [7, 11) is 0. The van der Waals surface area contributed by atoms with Gasteiger partial charge >= 0.3 is 0 Å². The molecule has 2 aliphatic heterocycles. The Bertz CT molecular complexity index is 744. The Morgan fingerprint density at radius 3 is 2.88 bits per heavy atom. The molecule has 1 amide bonds. The zero-order chi connectivity index (χ0) is 16.5. The summed E-state index contributed by atoms with van der Waals surface area (Å²) in [5, 5.41) is 0.953. The molecule has 2 aromatic rings. The zero-order valence-electron chi connectivity index (χ0n) is 13.9. The first kappa shape index (κ1) is 15.6. The third kappa shape index (κ3) is 3.02. The quantitative estimate of drug-likeness (QED) is 0.842. The van der Waals surface area contributed by atoms with E-state index in [1.165, 1.54) is 22.7 Å². The molecular weight excluding hydrogens is 320 g/mol. The average Bonchev–Trinajstić information content (AvgIpc) is 3.07. The first-order valence-electron chi connectivity index (χ1n) is 8.61. The molecule has 6 heteroatoms. The number of anilines is 1. The second-order valence-corrected chi connectivity index (χ2v) is 7.42. The van der Waals surface area contributed by atoms with Crippen LogP contribution < -0.4 is 4.90 Å². The summed E-state index contributed by atoms with van der Waals surface area (Å²) < 4.78 is 4.27.